The van der Waals surface area contributed by atoms with Crippen LogP contribution in [0.1, 0.15) is 16.1 Å². The van der Waals surface area contributed by atoms with Gasteiger partial charge in [-0.3, -0.25) is 20.4 Å². The summed E-state index contributed by atoms with van der Waals surface area (Å²) in [5.41, 5.74) is 4.99. The van der Waals surface area contributed by atoms with Gasteiger partial charge in [0.1, 0.15) is 5.75 Å². The van der Waals surface area contributed by atoms with Gasteiger partial charge in [-0.25, -0.2) is 4.79 Å². The maximum atomic E-state index is 11.6. The Morgan fingerprint density at radius 2 is 1.88 bits per heavy atom. The minimum Gasteiger partial charge on any atom is -0.497 e. The standard InChI is InChI=1S/C17H16N2O6/c1-23-13-7-4-12(5-8-13)6-9-16(21)25-11-15(20)18-19-17(22)14-3-2-10-24-14/h2-10H,11H2,1H3,(H,18,20)(H,19,22)/b9-6+. The van der Waals surface area contributed by atoms with E-state index in [2.05, 4.69) is 10.9 Å². The number of hydrogen-bond donors (Lipinski definition) is 2. The molecule has 0 saturated heterocycles. The molecule has 0 radical (unpaired) electrons. The van der Waals surface area contributed by atoms with E-state index < -0.39 is 24.4 Å². The van der Waals surface area contributed by atoms with E-state index in [1.165, 1.54) is 24.5 Å². The second kappa shape index (κ2) is 8.92. The normalized spacial score (nSPS) is 10.3. The van der Waals surface area contributed by atoms with Gasteiger partial charge in [-0.15, -0.1) is 0 Å². The number of amides is 2. The summed E-state index contributed by atoms with van der Waals surface area (Å²) in [6.45, 7) is -0.537. The lowest BCUT2D eigenvalue weighted by molar-refractivity contribution is -0.144. The predicted octanol–water partition coefficient (Wildman–Crippen LogP) is 1.31. The quantitative estimate of drug-likeness (QED) is 0.465. The van der Waals surface area contributed by atoms with Crippen molar-refractivity contribution in [3.8, 4) is 5.75 Å². The molecule has 25 heavy (non-hydrogen) atoms. The third-order valence-electron chi connectivity index (χ3n) is 2.93. The topological polar surface area (TPSA) is 107 Å². The lowest BCUT2D eigenvalue weighted by atomic mass is 10.2. The molecule has 0 atom stereocenters. The molecule has 8 heteroatoms. The summed E-state index contributed by atoms with van der Waals surface area (Å²) in [5.74, 6) is -1.26. The van der Waals surface area contributed by atoms with E-state index in [9.17, 15) is 14.4 Å². The average Bonchev–Trinajstić information content (AvgIpc) is 3.18. The van der Waals surface area contributed by atoms with Gasteiger partial charge < -0.3 is 13.9 Å². The number of furan rings is 1. The molecule has 0 aliphatic heterocycles. The fourth-order valence-electron chi connectivity index (χ4n) is 1.70. The maximum absolute atomic E-state index is 11.6. The maximum Gasteiger partial charge on any atom is 0.331 e. The van der Waals surface area contributed by atoms with Crippen molar-refractivity contribution in [2.75, 3.05) is 13.7 Å². The van der Waals surface area contributed by atoms with Crippen molar-refractivity contribution in [2.45, 2.75) is 0 Å². The second-order valence-corrected chi connectivity index (χ2v) is 4.69. The summed E-state index contributed by atoms with van der Waals surface area (Å²) >= 11 is 0. The van der Waals surface area contributed by atoms with Gasteiger partial charge >= 0.3 is 11.9 Å². The zero-order valence-corrected chi connectivity index (χ0v) is 13.4. The molecule has 0 aliphatic carbocycles. The van der Waals surface area contributed by atoms with Gasteiger partial charge in [0.05, 0.1) is 13.4 Å². The molecule has 2 aromatic rings. The fourth-order valence-corrected chi connectivity index (χ4v) is 1.70. The molecule has 0 unspecified atom stereocenters. The van der Waals surface area contributed by atoms with Crippen molar-refractivity contribution >= 4 is 23.9 Å². The number of ether oxygens (including phenoxy) is 2. The molecular formula is C17H16N2O6. The fraction of sp³-hybridized carbons (Fsp3) is 0.118. The molecular weight excluding hydrogens is 328 g/mol. The third kappa shape index (κ3) is 5.87. The zero-order chi connectivity index (χ0) is 18.1. The minimum absolute atomic E-state index is 0.0414. The Balaban J connectivity index is 1.70. The second-order valence-electron chi connectivity index (χ2n) is 4.69. The summed E-state index contributed by atoms with van der Waals surface area (Å²) in [6, 6.07) is 10.00. The lowest BCUT2D eigenvalue weighted by Gasteiger charge is -2.05. The van der Waals surface area contributed by atoms with Crippen LogP contribution in [0.4, 0.5) is 0 Å². The van der Waals surface area contributed by atoms with Crippen LogP contribution >= 0.6 is 0 Å². The SMILES string of the molecule is COc1ccc(/C=C/C(=O)OCC(=O)NNC(=O)c2ccco2)cc1. The van der Waals surface area contributed by atoms with Crippen molar-refractivity contribution in [1.82, 2.24) is 10.9 Å². The van der Waals surface area contributed by atoms with E-state index in [1.54, 1.807) is 37.5 Å². The van der Waals surface area contributed by atoms with Crippen LogP contribution in [-0.2, 0) is 14.3 Å². The van der Waals surface area contributed by atoms with Crippen LogP contribution in [0.15, 0.2) is 53.2 Å². The number of carbonyl (C=O) groups excluding carboxylic acids is 3. The van der Waals surface area contributed by atoms with E-state index in [0.29, 0.717) is 5.75 Å². The molecule has 1 aromatic heterocycles. The van der Waals surface area contributed by atoms with E-state index in [-0.39, 0.29) is 5.76 Å². The molecule has 2 rings (SSSR count). The van der Waals surface area contributed by atoms with E-state index in [4.69, 9.17) is 13.9 Å². The third-order valence-corrected chi connectivity index (χ3v) is 2.93. The molecule has 2 amide bonds. The molecule has 0 fully saturated rings. The summed E-state index contributed by atoms with van der Waals surface area (Å²) in [7, 11) is 1.56. The van der Waals surface area contributed by atoms with Crippen LogP contribution in [0.2, 0.25) is 0 Å². The molecule has 1 heterocycles. The van der Waals surface area contributed by atoms with Crippen molar-refractivity contribution in [2.24, 2.45) is 0 Å². The molecule has 130 valence electrons. The molecule has 2 N–H and O–H groups in total. The van der Waals surface area contributed by atoms with Crippen molar-refractivity contribution in [3.63, 3.8) is 0 Å². The molecule has 0 aliphatic rings. The van der Waals surface area contributed by atoms with E-state index in [0.717, 1.165) is 5.56 Å². The number of hydrogen-bond acceptors (Lipinski definition) is 6. The highest BCUT2D eigenvalue weighted by Gasteiger charge is 2.10. The Hall–Kier alpha value is -3.55. The number of esters is 1. The molecule has 8 nitrogen and oxygen atoms in total. The first-order valence-corrected chi connectivity index (χ1v) is 7.20. The van der Waals surface area contributed by atoms with Gasteiger partial charge in [0.15, 0.2) is 12.4 Å². The van der Waals surface area contributed by atoms with Crippen molar-refractivity contribution in [1.29, 1.82) is 0 Å². The Bertz CT molecular complexity index is 750. The highest BCUT2D eigenvalue weighted by atomic mass is 16.5. The van der Waals surface area contributed by atoms with Gasteiger partial charge in [-0.05, 0) is 35.9 Å². The smallest absolute Gasteiger partial charge is 0.331 e. The highest BCUT2D eigenvalue weighted by molar-refractivity contribution is 5.93. The Morgan fingerprint density at radius 3 is 2.52 bits per heavy atom. The first-order chi connectivity index (χ1) is 12.1. The van der Waals surface area contributed by atoms with Crippen LogP contribution in [0.3, 0.4) is 0 Å². The lowest BCUT2D eigenvalue weighted by Crippen LogP contribution is -2.43. The molecule has 0 saturated carbocycles. The van der Waals surface area contributed by atoms with Gasteiger partial charge in [0, 0.05) is 6.08 Å². The van der Waals surface area contributed by atoms with Crippen LogP contribution in [0.25, 0.3) is 6.08 Å². The van der Waals surface area contributed by atoms with Crippen LogP contribution < -0.4 is 15.6 Å². The Kier molecular flexibility index (Phi) is 6.35. The zero-order valence-electron chi connectivity index (χ0n) is 13.4. The van der Waals surface area contributed by atoms with Gasteiger partial charge in [0.25, 0.3) is 5.91 Å². The number of benzene rings is 1. The number of rotatable bonds is 6. The largest absolute Gasteiger partial charge is 0.497 e. The van der Waals surface area contributed by atoms with Crippen LogP contribution in [0, 0.1) is 0 Å². The number of hydrazine groups is 1. The monoisotopic (exact) mass is 344 g/mol. The predicted molar refractivity (Wildman–Crippen MR) is 87.3 cm³/mol. The van der Waals surface area contributed by atoms with E-state index in [1.807, 2.05) is 0 Å². The van der Waals surface area contributed by atoms with Crippen molar-refractivity contribution < 1.29 is 28.3 Å². The molecule has 0 bridgehead atoms. The minimum atomic E-state index is -0.691. The number of nitrogens with one attached hydrogen (secondary N) is 2. The Labute approximate surface area is 143 Å². The number of methoxy groups -OCH3 is 1. The van der Waals surface area contributed by atoms with Gasteiger partial charge in [0.2, 0.25) is 0 Å². The van der Waals surface area contributed by atoms with E-state index >= 15 is 0 Å². The van der Waals surface area contributed by atoms with Crippen LogP contribution in [0.5, 0.6) is 5.75 Å². The summed E-state index contributed by atoms with van der Waals surface area (Å²) in [6.07, 6.45) is 4.06. The first kappa shape index (κ1) is 17.8. The summed E-state index contributed by atoms with van der Waals surface area (Å²) < 4.78 is 14.6. The highest BCUT2D eigenvalue weighted by Crippen LogP contribution is 2.12. The first-order valence-electron chi connectivity index (χ1n) is 7.20. The number of carbonyl (C=O) groups is 3. The summed E-state index contributed by atoms with van der Waals surface area (Å²) in [5, 5.41) is 0. The average molecular weight is 344 g/mol. The summed E-state index contributed by atoms with van der Waals surface area (Å²) in [4.78, 5) is 34.6. The van der Waals surface area contributed by atoms with Gasteiger partial charge in [-0.1, -0.05) is 12.1 Å². The molecule has 1 aromatic carbocycles. The van der Waals surface area contributed by atoms with Crippen LogP contribution in [-0.4, -0.2) is 31.5 Å². The molecule has 0 spiro atoms. The van der Waals surface area contributed by atoms with Gasteiger partial charge in [-0.2, -0.15) is 0 Å². The van der Waals surface area contributed by atoms with Crippen molar-refractivity contribution in [3.05, 3.63) is 60.1 Å². The Morgan fingerprint density at radius 1 is 1.12 bits per heavy atom.